The third kappa shape index (κ3) is 2.48. The van der Waals surface area contributed by atoms with Crippen LogP contribution in [0.2, 0.25) is 0 Å². The molecule has 0 aromatic rings. The highest BCUT2D eigenvalue weighted by Gasteiger charge is 2.29. The topological polar surface area (TPSA) is 29.3 Å². The lowest BCUT2D eigenvalue weighted by Crippen LogP contribution is -2.41. The number of hydrogen-bond donors (Lipinski definition) is 1. The first-order valence-electron chi connectivity index (χ1n) is 3.82. The lowest BCUT2D eigenvalue weighted by atomic mass is 9.98. The van der Waals surface area contributed by atoms with Gasteiger partial charge in [-0.3, -0.25) is 0 Å². The second kappa shape index (κ2) is 4.51. The van der Waals surface area contributed by atoms with Gasteiger partial charge in [0.2, 0.25) is 0 Å². The Morgan fingerprint density at radius 3 is 2.55 bits per heavy atom. The Kier molecular flexibility index (Phi) is 4.71. The van der Waals surface area contributed by atoms with Crippen molar-refractivity contribution in [1.82, 2.24) is 4.90 Å². The van der Waals surface area contributed by atoms with E-state index in [1.54, 1.807) is 0 Å². The molecule has 2 saturated heterocycles. The Labute approximate surface area is 80.3 Å². The summed E-state index contributed by atoms with van der Waals surface area (Å²) in [5, 5.41) is 0. The van der Waals surface area contributed by atoms with Gasteiger partial charge in [-0.05, 0) is 25.3 Å². The molecule has 4 heteroatoms. The van der Waals surface area contributed by atoms with Crippen molar-refractivity contribution in [1.29, 1.82) is 0 Å². The van der Waals surface area contributed by atoms with E-state index in [0.717, 1.165) is 12.5 Å². The minimum atomic E-state index is 0. The third-order valence-corrected chi connectivity index (χ3v) is 2.50. The minimum Gasteiger partial charge on any atom is -0.327 e. The van der Waals surface area contributed by atoms with Gasteiger partial charge in [0.15, 0.2) is 0 Å². The van der Waals surface area contributed by atoms with Crippen molar-refractivity contribution in [2.24, 2.45) is 11.7 Å². The van der Waals surface area contributed by atoms with Gasteiger partial charge in [0, 0.05) is 19.1 Å². The molecule has 2 nitrogen and oxygen atoms in total. The Morgan fingerprint density at radius 1 is 1.18 bits per heavy atom. The molecule has 68 valence electrons. The van der Waals surface area contributed by atoms with E-state index in [9.17, 15) is 0 Å². The summed E-state index contributed by atoms with van der Waals surface area (Å²) in [7, 11) is 0. The van der Waals surface area contributed by atoms with Gasteiger partial charge < -0.3 is 10.6 Å². The standard InChI is InChI=1S/C7H14N2.2ClH/c8-7-3-6-1-2-9(4-6)5-7;;/h6-7H,1-5,8H2;2*1H/t6-,7-;;/m1../s1. The molecule has 2 heterocycles. The van der Waals surface area contributed by atoms with Gasteiger partial charge in [-0.2, -0.15) is 0 Å². The fraction of sp³-hybridized carbons (Fsp3) is 1.00. The molecule has 0 saturated carbocycles. The van der Waals surface area contributed by atoms with E-state index in [1.165, 1.54) is 25.9 Å². The molecule has 2 aliphatic rings. The van der Waals surface area contributed by atoms with Gasteiger partial charge in [0.1, 0.15) is 0 Å². The Hall–Kier alpha value is 0.500. The zero-order chi connectivity index (χ0) is 6.27. The van der Waals surface area contributed by atoms with Crippen molar-refractivity contribution in [3.05, 3.63) is 0 Å². The first kappa shape index (κ1) is 11.5. The van der Waals surface area contributed by atoms with E-state index in [4.69, 9.17) is 5.73 Å². The van der Waals surface area contributed by atoms with Crippen LogP contribution in [0.1, 0.15) is 12.8 Å². The van der Waals surface area contributed by atoms with Crippen molar-refractivity contribution < 1.29 is 0 Å². The summed E-state index contributed by atoms with van der Waals surface area (Å²) in [6, 6.07) is 0.478. The van der Waals surface area contributed by atoms with Crippen molar-refractivity contribution >= 4 is 24.8 Å². The smallest absolute Gasteiger partial charge is 0.0170 e. The minimum absolute atomic E-state index is 0. The van der Waals surface area contributed by atoms with E-state index in [1.807, 2.05) is 0 Å². The largest absolute Gasteiger partial charge is 0.327 e. The van der Waals surface area contributed by atoms with Gasteiger partial charge in [0.05, 0.1) is 0 Å². The summed E-state index contributed by atoms with van der Waals surface area (Å²) in [5.74, 6) is 0.939. The summed E-state index contributed by atoms with van der Waals surface area (Å²) >= 11 is 0. The maximum atomic E-state index is 5.81. The van der Waals surface area contributed by atoms with Crippen molar-refractivity contribution in [2.75, 3.05) is 19.6 Å². The molecule has 0 aliphatic carbocycles. The lowest BCUT2D eigenvalue weighted by molar-refractivity contribution is 0.244. The van der Waals surface area contributed by atoms with Crippen molar-refractivity contribution in [3.63, 3.8) is 0 Å². The highest BCUT2D eigenvalue weighted by atomic mass is 35.5. The predicted octanol–water partition coefficient (Wildman–Crippen LogP) is 0.883. The maximum absolute atomic E-state index is 5.81. The normalized spacial score (nSPS) is 40.6. The second-order valence-electron chi connectivity index (χ2n) is 3.41. The summed E-state index contributed by atoms with van der Waals surface area (Å²) in [5.41, 5.74) is 5.81. The summed E-state index contributed by atoms with van der Waals surface area (Å²) in [6.45, 7) is 3.78. The van der Waals surface area contributed by atoms with Crippen LogP contribution >= 0.6 is 24.8 Å². The van der Waals surface area contributed by atoms with Gasteiger partial charge >= 0.3 is 0 Å². The zero-order valence-electron chi connectivity index (χ0n) is 6.53. The van der Waals surface area contributed by atoms with E-state index in [0.29, 0.717) is 6.04 Å². The van der Waals surface area contributed by atoms with E-state index >= 15 is 0 Å². The van der Waals surface area contributed by atoms with Gasteiger partial charge in [-0.25, -0.2) is 0 Å². The van der Waals surface area contributed by atoms with Crippen LogP contribution in [-0.4, -0.2) is 30.6 Å². The quantitative estimate of drug-likeness (QED) is 0.627. The maximum Gasteiger partial charge on any atom is 0.0170 e. The van der Waals surface area contributed by atoms with Crippen LogP contribution in [-0.2, 0) is 0 Å². The SMILES string of the molecule is Cl.Cl.N[C@@H]1C[C@H]2CCN(C1)C2. The van der Waals surface area contributed by atoms with E-state index < -0.39 is 0 Å². The molecule has 2 aliphatic heterocycles. The molecule has 2 N–H and O–H groups in total. The number of rotatable bonds is 0. The molecule has 0 aromatic carbocycles. The van der Waals surface area contributed by atoms with Crippen LogP contribution < -0.4 is 5.73 Å². The summed E-state index contributed by atoms with van der Waals surface area (Å²) in [4.78, 5) is 2.48. The van der Waals surface area contributed by atoms with Gasteiger partial charge in [0.25, 0.3) is 0 Å². The number of halogens is 2. The van der Waals surface area contributed by atoms with Crippen molar-refractivity contribution in [2.45, 2.75) is 18.9 Å². The number of hydrogen-bond acceptors (Lipinski definition) is 2. The van der Waals surface area contributed by atoms with Crippen LogP contribution in [0.15, 0.2) is 0 Å². The molecule has 1 unspecified atom stereocenters. The Balaban J connectivity index is 0.000000500. The van der Waals surface area contributed by atoms with E-state index in [2.05, 4.69) is 4.90 Å². The molecule has 0 spiro atoms. The number of piperidine rings is 1. The molecular formula is C7H16Cl2N2. The summed E-state index contributed by atoms with van der Waals surface area (Å²) < 4.78 is 0. The molecule has 0 amide bonds. The molecule has 2 fully saturated rings. The van der Waals surface area contributed by atoms with Gasteiger partial charge in [-0.15, -0.1) is 24.8 Å². The first-order valence-corrected chi connectivity index (χ1v) is 3.82. The molecular weight excluding hydrogens is 183 g/mol. The molecule has 2 rings (SSSR count). The number of nitrogens with zero attached hydrogens (tertiary/aromatic N) is 1. The second-order valence-corrected chi connectivity index (χ2v) is 3.41. The lowest BCUT2D eigenvalue weighted by Gasteiger charge is -2.26. The van der Waals surface area contributed by atoms with Crippen LogP contribution in [0.4, 0.5) is 0 Å². The fourth-order valence-electron chi connectivity index (χ4n) is 2.11. The zero-order valence-corrected chi connectivity index (χ0v) is 8.16. The Morgan fingerprint density at radius 2 is 1.91 bits per heavy atom. The van der Waals surface area contributed by atoms with Crippen LogP contribution in [0.25, 0.3) is 0 Å². The van der Waals surface area contributed by atoms with Crippen molar-refractivity contribution in [3.8, 4) is 0 Å². The average Bonchev–Trinajstić information content (AvgIpc) is 2.11. The fourth-order valence-corrected chi connectivity index (χ4v) is 2.11. The Bertz CT molecular complexity index is 109. The molecule has 0 aromatic heterocycles. The van der Waals surface area contributed by atoms with Gasteiger partial charge in [-0.1, -0.05) is 0 Å². The highest BCUT2D eigenvalue weighted by molar-refractivity contribution is 5.85. The molecule has 0 radical (unpaired) electrons. The van der Waals surface area contributed by atoms with Crippen LogP contribution in [0.3, 0.4) is 0 Å². The first-order chi connectivity index (χ1) is 4.34. The molecule has 3 atom stereocenters. The van der Waals surface area contributed by atoms with Crippen LogP contribution in [0.5, 0.6) is 0 Å². The van der Waals surface area contributed by atoms with Crippen LogP contribution in [0, 0.1) is 5.92 Å². The third-order valence-electron chi connectivity index (χ3n) is 2.50. The summed E-state index contributed by atoms with van der Waals surface area (Å²) in [6.07, 6.45) is 2.67. The highest BCUT2D eigenvalue weighted by Crippen LogP contribution is 2.25. The molecule has 11 heavy (non-hydrogen) atoms. The number of nitrogens with two attached hydrogens (primary N) is 1. The molecule has 2 bridgehead atoms. The monoisotopic (exact) mass is 198 g/mol. The predicted molar refractivity (Wildman–Crippen MR) is 51.6 cm³/mol. The average molecular weight is 199 g/mol. The number of fused-ring (bicyclic) bond motifs is 2. The van der Waals surface area contributed by atoms with E-state index in [-0.39, 0.29) is 24.8 Å².